The summed E-state index contributed by atoms with van der Waals surface area (Å²) in [4.78, 5) is 14.5. The minimum atomic E-state index is 0.105. The molecule has 1 heterocycles. The fraction of sp³-hybridized carbons (Fsp3) is 0.500. The summed E-state index contributed by atoms with van der Waals surface area (Å²) in [6.45, 7) is 3.33. The normalized spacial score (nSPS) is 33.6. The lowest BCUT2D eigenvalue weighted by Crippen LogP contribution is -2.53. The maximum atomic E-state index is 12.3. The number of hydrogen-bond acceptors (Lipinski definition) is 2. The van der Waals surface area contributed by atoms with Crippen LogP contribution in [0.5, 0.6) is 0 Å². The summed E-state index contributed by atoms with van der Waals surface area (Å²) in [5.41, 5.74) is 2.43. The van der Waals surface area contributed by atoms with Crippen LogP contribution in [0, 0.1) is 0 Å². The Morgan fingerprint density at radius 2 is 2.12 bits per heavy atom. The first-order valence-corrected chi connectivity index (χ1v) is 5.96. The predicted molar refractivity (Wildman–Crippen MR) is 63.8 cm³/mol. The number of hydrogen-bond donors (Lipinski definition) is 0. The Labute approximate surface area is 96.3 Å². The third-order valence-corrected chi connectivity index (χ3v) is 4.34. The van der Waals surface area contributed by atoms with E-state index < -0.39 is 0 Å². The van der Waals surface area contributed by atoms with Crippen LogP contribution in [0.3, 0.4) is 0 Å². The number of Topliss-reactive ketones (excluding diaryl/α,β-unsaturated/α-hetero) is 1. The van der Waals surface area contributed by atoms with Gasteiger partial charge in [0, 0.05) is 5.56 Å². The third kappa shape index (κ3) is 1.20. The van der Waals surface area contributed by atoms with Gasteiger partial charge in [-0.15, -0.1) is 0 Å². The summed E-state index contributed by atoms with van der Waals surface area (Å²) in [6.07, 6.45) is 2.14. The van der Waals surface area contributed by atoms with Crippen LogP contribution < -0.4 is 0 Å². The van der Waals surface area contributed by atoms with Gasteiger partial charge >= 0.3 is 0 Å². The maximum absolute atomic E-state index is 12.3. The first kappa shape index (κ1) is 10.0. The number of nitrogens with zero attached hydrogens (tertiary/aromatic N) is 1. The van der Waals surface area contributed by atoms with E-state index in [0.29, 0.717) is 5.78 Å². The molecule has 2 heteroatoms. The van der Waals surface area contributed by atoms with Crippen LogP contribution >= 0.6 is 0 Å². The zero-order valence-corrected chi connectivity index (χ0v) is 9.86. The summed E-state index contributed by atoms with van der Waals surface area (Å²) < 4.78 is 0. The Kier molecular flexibility index (Phi) is 1.99. The second-order valence-electron chi connectivity index (χ2n) is 5.42. The number of rotatable bonds is 0. The lowest BCUT2D eigenvalue weighted by atomic mass is 9.65. The summed E-state index contributed by atoms with van der Waals surface area (Å²) in [6, 6.07) is 8.25. The zero-order chi connectivity index (χ0) is 11.3. The molecule has 1 aromatic carbocycles. The summed E-state index contributed by atoms with van der Waals surface area (Å²) >= 11 is 0. The minimum Gasteiger partial charge on any atom is -0.296 e. The van der Waals surface area contributed by atoms with Gasteiger partial charge in [-0.25, -0.2) is 0 Å². The Balaban J connectivity index is 2.19. The lowest BCUT2D eigenvalue weighted by molar-refractivity contribution is 0.0652. The predicted octanol–water partition coefficient (Wildman–Crippen LogP) is 2.23. The monoisotopic (exact) mass is 215 g/mol. The van der Waals surface area contributed by atoms with Gasteiger partial charge in [-0.05, 0) is 37.4 Å². The molecular formula is C14H17NO. The van der Waals surface area contributed by atoms with Gasteiger partial charge in [-0.3, -0.25) is 9.69 Å². The van der Waals surface area contributed by atoms with Crippen molar-refractivity contribution in [1.29, 1.82) is 0 Å². The van der Waals surface area contributed by atoms with E-state index in [2.05, 4.69) is 31.0 Å². The molecule has 84 valence electrons. The Morgan fingerprint density at radius 1 is 1.38 bits per heavy atom. The quantitative estimate of drug-likeness (QED) is 0.661. The van der Waals surface area contributed by atoms with Crippen LogP contribution in [-0.2, 0) is 5.41 Å². The third-order valence-electron chi connectivity index (χ3n) is 4.34. The molecule has 1 aliphatic carbocycles. The van der Waals surface area contributed by atoms with Gasteiger partial charge in [0.05, 0.1) is 6.04 Å². The molecule has 2 unspecified atom stereocenters. The maximum Gasteiger partial charge on any atom is 0.180 e. The Morgan fingerprint density at radius 3 is 2.94 bits per heavy atom. The molecule has 1 saturated heterocycles. The number of likely N-dealkylation sites (tertiary alicyclic amines) is 1. The molecule has 1 aromatic rings. The molecule has 0 aromatic heterocycles. The number of carbonyl (C=O) groups is 1. The van der Waals surface area contributed by atoms with Crippen molar-refractivity contribution in [2.24, 2.45) is 0 Å². The van der Waals surface area contributed by atoms with Gasteiger partial charge in [0.15, 0.2) is 5.78 Å². The highest BCUT2D eigenvalue weighted by Gasteiger charge is 2.45. The van der Waals surface area contributed by atoms with Crippen LogP contribution in [0.15, 0.2) is 24.3 Å². The van der Waals surface area contributed by atoms with E-state index in [1.807, 2.05) is 12.1 Å². The van der Waals surface area contributed by atoms with Crippen LogP contribution in [-0.4, -0.2) is 30.3 Å². The highest BCUT2D eigenvalue weighted by molar-refractivity contribution is 6.03. The van der Waals surface area contributed by atoms with Gasteiger partial charge in [-0.1, -0.05) is 31.2 Å². The largest absolute Gasteiger partial charge is 0.296 e. The zero-order valence-electron chi connectivity index (χ0n) is 9.86. The minimum absolute atomic E-state index is 0.105. The summed E-state index contributed by atoms with van der Waals surface area (Å²) in [5.74, 6) is 0.315. The van der Waals surface area contributed by atoms with E-state index in [0.717, 1.165) is 24.9 Å². The van der Waals surface area contributed by atoms with E-state index >= 15 is 0 Å². The van der Waals surface area contributed by atoms with Gasteiger partial charge < -0.3 is 0 Å². The second kappa shape index (κ2) is 3.17. The van der Waals surface area contributed by atoms with Crippen molar-refractivity contribution in [3.05, 3.63) is 35.4 Å². The van der Waals surface area contributed by atoms with Crippen LogP contribution in [0.1, 0.15) is 35.7 Å². The number of carbonyl (C=O) groups excluding carboxylic acids is 1. The SMILES string of the molecule is CN1CCC2(C)CC1C(=O)c1ccccc12. The summed E-state index contributed by atoms with van der Waals surface area (Å²) in [7, 11) is 2.07. The molecule has 2 bridgehead atoms. The molecule has 1 fully saturated rings. The number of fused-ring (bicyclic) bond motifs is 4. The van der Waals surface area contributed by atoms with Crippen molar-refractivity contribution < 1.29 is 4.79 Å². The second-order valence-corrected chi connectivity index (χ2v) is 5.42. The Bertz CT molecular complexity index is 454. The van der Waals surface area contributed by atoms with Crippen LogP contribution in [0.2, 0.25) is 0 Å². The topological polar surface area (TPSA) is 20.3 Å². The van der Waals surface area contributed by atoms with Crippen molar-refractivity contribution in [2.45, 2.75) is 31.2 Å². The van der Waals surface area contributed by atoms with Gasteiger partial charge in [-0.2, -0.15) is 0 Å². The average Bonchev–Trinajstić information content (AvgIpc) is 2.31. The van der Waals surface area contributed by atoms with E-state index in [4.69, 9.17) is 0 Å². The number of benzene rings is 1. The number of likely N-dealkylation sites (N-methyl/N-ethyl adjacent to an activating group) is 1. The fourth-order valence-electron chi connectivity index (χ4n) is 3.20. The van der Waals surface area contributed by atoms with Crippen molar-refractivity contribution in [3.8, 4) is 0 Å². The molecule has 0 amide bonds. The molecular weight excluding hydrogens is 198 g/mol. The van der Waals surface area contributed by atoms with Gasteiger partial charge in [0.2, 0.25) is 0 Å². The van der Waals surface area contributed by atoms with Crippen molar-refractivity contribution >= 4 is 5.78 Å². The number of piperidine rings is 1. The highest BCUT2D eigenvalue weighted by atomic mass is 16.1. The smallest absolute Gasteiger partial charge is 0.180 e. The highest BCUT2D eigenvalue weighted by Crippen LogP contribution is 2.43. The fourth-order valence-corrected chi connectivity index (χ4v) is 3.20. The molecule has 16 heavy (non-hydrogen) atoms. The lowest BCUT2D eigenvalue weighted by Gasteiger charge is -2.47. The van der Waals surface area contributed by atoms with E-state index in [1.54, 1.807) is 0 Å². The molecule has 0 spiro atoms. The van der Waals surface area contributed by atoms with E-state index in [1.165, 1.54) is 5.56 Å². The molecule has 1 aliphatic heterocycles. The molecule has 0 saturated carbocycles. The number of ketones is 1. The molecule has 0 N–H and O–H groups in total. The van der Waals surface area contributed by atoms with Crippen LogP contribution in [0.25, 0.3) is 0 Å². The van der Waals surface area contributed by atoms with Crippen molar-refractivity contribution in [2.75, 3.05) is 13.6 Å². The van der Waals surface area contributed by atoms with Crippen molar-refractivity contribution in [1.82, 2.24) is 4.90 Å². The van der Waals surface area contributed by atoms with Crippen LogP contribution in [0.4, 0.5) is 0 Å². The average molecular weight is 215 g/mol. The first-order chi connectivity index (χ1) is 7.62. The molecule has 2 atom stereocenters. The first-order valence-electron chi connectivity index (χ1n) is 5.96. The molecule has 0 radical (unpaired) electrons. The van der Waals surface area contributed by atoms with Gasteiger partial charge in [0.1, 0.15) is 0 Å². The molecule has 2 nitrogen and oxygen atoms in total. The summed E-state index contributed by atoms with van der Waals surface area (Å²) in [5, 5.41) is 0. The van der Waals surface area contributed by atoms with E-state index in [9.17, 15) is 4.79 Å². The Hall–Kier alpha value is -1.15. The van der Waals surface area contributed by atoms with Crippen molar-refractivity contribution in [3.63, 3.8) is 0 Å². The van der Waals surface area contributed by atoms with Gasteiger partial charge in [0.25, 0.3) is 0 Å². The standard InChI is InChI=1S/C14H17NO/c1-14-7-8-15(2)12(9-14)13(16)10-5-3-4-6-11(10)14/h3-6,12H,7-9H2,1-2H3. The molecule has 3 rings (SSSR count). The van der Waals surface area contributed by atoms with E-state index in [-0.39, 0.29) is 11.5 Å². The molecule has 2 aliphatic rings.